The monoisotopic (exact) mass is 443 g/mol. The van der Waals surface area contributed by atoms with Crippen LogP contribution in [0, 0.1) is 5.41 Å². The third-order valence-electron chi connectivity index (χ3n) is 6.28. The molecule has 2 aliphatic rings. The van der Waals surface area contributed by atoms with Crippen LogP contribution in [0.25, 0.3) is 11.1 Å². The Bertz CT molecular complexity index is 867. The SMILES string of the molecule is Cl.O=C1CCCN1CCNC(=O)C1(Cc2ccc(-c3ccncc3)cc2)CCOCC1. The lowest BCUT2D eigenvalue weighted by atomic mass is 9.74. The molecular formula is C24H30ClN3O3. The van der Waals surface area contributed by atoms with Crippen molar-refractivity contribution < 1.29 is 14.3 Å². The van der Waals surface area contributed by atoms with Crippen LogP contribution in [0.2, 0.25) is 0 Å². The van der Waals surface area contributed by atoms with E-state index in [4.69, 9.17) is 4.74 Å². The van der Waals surface area contributed by atoms with Crippen LogP contribution in [0.5, 0.6) is 0 Å². The molecule has 0 aliphatic carbocycles. The molecule has 31 heavy (non-hydrogen) atoms. The molecule has 1 N–H and O–H groups in total. The number of nitrogens with zero attached hydrogens (tertiary/aromatic N) is 2. The van der Waals surface area contributed by atoms with Crippen molar-refractivity contribution in [2.75, 3.05) is 32.8 Å². The van der Waals surface area contributed by atoms with Crippen LogP contribution in [-0.2, 0) is 20.7 Å². The van der Waals surface area contributed by atoms with Gasteiger partial charge in [0.15, 0.2) is 0 Å². The van der Waals surface area contributed by atoms with Crippen molar-refractivity contribution in [1.82, 2.24) is 15.2 Å². The van der Waals surface area contributed by atoms with Gasteiger partial charge in [-0.05, 0) is 54.5 Å². The molecule has 2 fully saturated rings. The Morgan fingerprint density at radius 2 is 1.74 bits per heavy atom. The lowest BCUT2D eigenvalue weighted by Crippen LogP contribution is -2.48. The molecule has 4 rings (SSSR count). The maximum atomic E-state index is 13.2. The Kier molecular flexibility index (Phi) is 8.04. The van der Waals surface area contributed by atoms with E-state index in [1.54, 1.807) is 12.4 Å². The summed E-state index contributed by atoms with van der Waals surface area (Å²) in [5.74, 6) is 0.273. The number of aromatic nitrogens is 1. The number of hydrogen-bond donors (Lipinski definition) is 1. The number of ether oxygens (including phenoxy) is 1. The predicted molar refractivity (Wildman–Crippen MR) is 122 cm³/mol. The van der Waals surface area contributed by atoms with Gasteiger partial charge in [-0.3, -0.25) is 14.6 Å². The lowest BCUT2D eigenvalue weighted by Gasteiger charge is -2.36. The maximum absolute atomic E-state index is 13.2. The second-order valence-corrected chi connectivity index (χ2v) is 8.24. The standard InChI is InChI=1S/C24H29N3O3.ClH/c28-22-2-1-14-27(22)15-13-26-23(29)24(9-16-30-17-10-24)18-19-3-5-20(6-4-19)21-7-11-25-12-8-21;/h3-8,11-12H,1-2,9-10,13-18H2,(H,26,29);1H. The highest BCUT2D eigenvalue weighted by atomic mass is 35.5. The predicted octanol–water partition coefficient (Wildman–Crippen LogP) is 3.25. The van der Waals surface area contributed by atoms with Crippen molar-refractivity contribution in [3.63, 3.8) is 0 Å². The molecule has 0 atom stereocenters. The number of hydrogen-bond acceptors (Lipinski definition) is 4. The Morgan fingerprint density at radius 3 is 2.39 bits per heavy atom. The molecule has 3 heterocycles. The molecule has 0 spiro atoms. The molecule has 7 heteroatoms. The molecule has 6 nitrogen and oxygen atoms in total. The molecule has 2 saturated heterocycles. The normalized spacial score (nSPS) is 17.8. The molecule has 2 amide bonds. The van der Waals surface area contributed by atoms with Crippen molar-refractivity contribution in [2.45, 2.75) is 32.1 Å². The van der Waals surface area contributed by atoms with Gasteiger partial charge in [0.25, 0.3) is 0 Å². The smallest absolute Gasteiger partial charge is 0.226 e. The number of carbonyl (C=O) groups is 2. The zero-order valence-corrected chi connectivity index (χ0v) is 18.5. The molecule has 0 saturated carbocycles. The second kappa shape index (κ2) is 10.7. The number of amides is 2. The number of rotatable bonds is 7. The molecule has 2 aliphatic heterocycles. The summed E-state index contributed by atoms with van der Waals surface area (Å²) >= 11 is 0. The fourth-order valence-corrected chi connectivity index (χ4v) is 4.43. The number of halogens is 1. The Morgan fingerprint density at radius 1 is 1.06 bits per heavy atom. The quantitative estimate of drug-likeness (QED) is 0.713. The van der Waals surface area contributed by atoms with E-state index in [9.17, 15) is 9.59 Å². The van der Waals surface area contributed by atoms with Crippen molar-refractivity contribution in [2.24, 2.45) is 5.41 Å². The minimum atomic E-state index is -0.453. The van der Waals surface area contributed by atoms with Gasteiger partial charge in [0.05, 0.1) is 5.41 Å². The first-order valence-corrected chi connectivity index (χ1v) is 10.8. The summed E-state index contributed by atoms with van der Waals surface area (Å²) in [6.45, 7) is 3.11. The number of pyridine rings is 1. The van der Waals surface area contributed by atoms with Crippen molar-refractivity contribution in [1.29, 1.82) is 0 Å². The molecule has 0 bridgehead atoms. The van der Waals surface area contributed by atoms with Gasteiger partial charge in [0.2, 0.25) is 11.8 Å². The fraction of sp³-hybridized carbons (Fsp3) is 0.458. The van der Waals surface area contributed by atoms with Crippen LogP contribution in [0.3, 0.4) is 0 Å². The van der Waals surface area contributed by atoms with Gasteiger partial charge in [0.1, 0.15) is 0 Å². The molecule has 166 valence electrons. The molecule has 1 aromatic heterocycles. The summed E-state index contributed by atoms with van der Waals surface area (Å²) in [4.78, 5) is 30.9. The third-order valence-corrected chi connectivity index (χ3v) is 6.28. The van der Waals surface area contributed by atoms with Crippen LogP contribution in [0.1, 0.15) is 31.2 Å². The summed E-state index contributed by atoms with van der Waals surface area (Å²) < 4.78 is 5.55. The zero-order valence-electron chi connectivity index (χ0n) is 17.7. The Labute approximate surface area is 189 Å². The highest BCUT2D eigenvalue weighted by molar-refractivity contribution is 5.85. The van der Waals surface area contributed by atoms with Crippen LogP contribution in [0.4, 0.5) is 0 Å². The largest absolute Gasteiger partial charge is 0.381 e. The Balaban J connectivity index is 0.00000272. The molecule has 2 aromatic rings. The zero-order chi connectivity index (χ0) is 20.8. The van der Waals surface area contributed by atoms with Crippen molar-refractivity contribution >= 4 is 24.2 Å². The van der Waals surface area contributed by atoms with E-state index in [1.165, 1.54) is 0 Å². The molecular weight excluding hydrogens is 414 g/mol. The van der Waals surface area contributed by atoms with E-state index < -0.39 is 5.41 Å². The third kappa shape index (κ3) is 5.63. The summed E-state index contributed by atoms with van der Waals surface area (Å²) in [6, 6.07) is 12.4. The highest BCUT2D eigenvalue weighted by Gasteiger charge is 2.40. The van der Waals surface area contributed by atoms with Gasteiger partial charge < -0.3 is 15.0 Å². The Hall–Kier alpha value is -2.44. The van der Waals surface area contributed by atoms with E-state index in [0.717, 1.165) is 29.7 Å². The summed E-state index contributed by atoms with van der Waals surface area (Å²) in [6.07, 6.45) is 7.26. The second-order valence-electron chi connectivity index (χ2n) is 8.24. The molecule has 0 radical (unpaired) electrons. The first-order chi connectivity index (χ1) is 14.7. The van der Waals surface area contributed by atoms with Gasteiger partial charge in [-0.25, -0.2) is 0 Å². The number of carbonyl (C=O) groups excluding carboxylic acids is 2. The topological polar surface area (TPSA) is 71.5 Å². The average Bonchev–Trinajstić information content (AvgIpc) is 3.20. The highest BCUT2D eigenvalue weighted by Crippen LogP contribution is 2.35. The van der Waals surface area contributed by atoms with Gasteiger partial charge in [-0.1, -0.05) is 24.3 Å². The first-order valence-electron chi connectivity index (χ1n) is 10.8. The summed E-state index contributed by atoms with van der Waals surface area (Å²) in [7, 11) is 0. The van der Waals surface area contributed by atoms with Crippen molar-refractivity contribution in [3.8, 4) is 11.1 Å². The van der Waals surface area contributed by atoms with E-state index in [0.29, 0.717) is 52.0 Å². The van der Waals surface area contributed by atoms with Crippen LogP contribution in [-0.4, -0.2) is 54.5 Å². The molecule has 1 aromatic carbocycles. The van der Waals surface area contributed by atoms with E-state index in [2.05, 4.69) is 34.6 Å². The maximum Gasteiger partial charge on any atom is 0.226 e. The van der Waals surface area contributed by atoms with E-state index in [-0.39, 0.29) is 24.2 Å². The van der Waals surface area contributed by atoms with Crippen LogP contribution in [0.15, 0.2) is 48.8 Å². The van der Waals surface area contributed by atoms with Crippen LogP contribution < -0.4 is 5.32 Å². The van der Waals surface area contributed by atoms with Gasteiger partial charge in [0, 0.05) is 51.7 Å². The minimum Gasteiger partial charge on any atom is -0.381 e. The van der Waals surface area contributed by atoms with E-state index in [1.807, 2.05) is 17.0 Å². The lowest BCUT2D eigenvalue weighted by molar-refractivity contribution is -0.137. The summed E-state index contributed by atoms with van der Waals surface area (Å²) in [5.41, 5.74) is 2.97. The van der Waals surface area contributed by atoms with Gasteiger partial charge >= 0.3 is 0 Å². The number of likely N-dealkylation sites (tertiary alicyclic amines) is 1. The van der Waals surface area contributed by atoms with Gasteiger partial charge in [-0.2, -0.15) is 0 Å². The minimum absolute atomic E-state index is 0. The average molecular weight is 444 g/mol. The fourth-order valence-electron chi connectivity index (χ4n) is 4.43. The van der Waals surface area contributed by atoms with Crippen LogP contribution >= 0.6 is 12.4 Å². The van der Waals surface area contributed by atoms with Gasteiger partial charge in [-0.15, -0.1) is 12.4 Å². The first kappa shape index (κ1) is 23.2. The van der Waals surface area contributed by atoms with E-state index >= 15 is 0 Å². The van der Waals surface area contributed by atoms with Crippen molar-refractivity contribution in [3.05, 3.63) is 54.4 Å². The number of benzene rings is 1. The number of nitrogens with one attached hydrogen (secondary N) is 1. The summed E-state index contributed by atoms with van der Waals surface area (Å²) in [5, 5.41) is 3.10. The molecule has 0 unspecified atom stereocenters.